The predicted octanol–water partition coefficient (Wildman–Crippen LogP) is 5.48. The summed E-state index contributed by atoms with van der Waals surface area (Å²) in [7, 11) is 0. The molecule has 1 aliphatic heterocycles. The van der Waals surface area contributed by atoms with Crippen LogP contribution < -0.4 is 9.64 Å². The number of ether oxygens (including phenoxy) is 1. The van der Waals surface area contributed by atoms with Gasteiger partial charge in [-0.05, 0) is 61.0 Å². The molecule has 1 heterocycles. The van der Waals surface area contributed by atoms with E-state index in [1.54, 1.807) is 18.2 Å². The summed E-state index contributed by atoms with van der Waals surface area (Å²) in [6, 6.07) is 14.7. The van der Waals surface area contributed by atoms with E-state index in [1.165, 1.54) is 4.90 Å². The number of halogens is 1. The highest BCUT2D eigenvalue weighted by Crippen LogP contribution is 2.41. The van der Waals surface area contributed by atoms with Crippen molar-refractivity contribution in [1.82, 2.24) is 0 Å². The van der Waals surface area contributed by atoms with Crippen LogP contribution in [0.3, 0.4) is 0 Å². The Labute approximate surface area is 159 Å². The van der Waals surface area contributed by atoms with Gasteiger partial charge in [-0.3, -0.25) is 9.59 Å². The third-order valence-corrected chi connectivity index (χ3v) is 5.36. The van der Waals surface area contributed by atoms with Gasteiger partial charge in [-0.2, -0.15) is 0 Å². The van der Waals surface area contributed by atoms with E-state index in [0.717, 1.165) is 27.4 Å². The monoisotopic (exact) mass is 417 g/mol. The minimum absolute atomic E-state index is 0.316. The van der Waals surface area contributed by atoms with Crippen LogP contribution in [0.4, 0.5) is 10.5 Å². The van der Waals surface area contributed by atoms with Crippen molar-refractivity contribution in [2.75, 3.05) is 11.5 Å². The van der Waals surface area contributed by atoms with Crippen LogP contribution in [0.15, 0.2) is 57.9 Å². The molecule has 0 spiro atoms. The van der Waals surface area contributed by atoms with Gasteiger partial charge in [0.1, 0.15) is 5.75 Å². The second-order valence-electron chi connectivity index (χ2n) is 5.37. The minimum atomic E-state index is -0.317. The fourth-order valence-corrected chi connectivity index (χ4v) is 3.72. The zero-order chi connectivity index (χ0) is 18.0. The van der Waals surface area contributed by atoms with Gasteiger partial charge in [0.05, 0.1) is 17.2 Å². The Morgan fingerprint density at radius 2 is 1.80 bits per heavy atom. The number of rotatable bonds is 4. The molecule has 0 atom stereocenters. The topological polar surface area (TPSA) is 46.6 Å². The Kier molecular flexibility index (Phi) is 5.30. The number of para-hydroxylation sites is 2. The van der Waals surface area contributed by atoms with Gasteiger partial charge in [-0.25, -0.2) is 4.90 Å². The summed E-state index contributed by atoms with van der Waals surface area (Å²) in [5, 5.41) is -0.316. The molecule has 2 amide bonds. The number of carbonyl (C=O) groups is 2. The number of nitrogens with zero attached hydrogens (tertiary/aromatic N) is 1. The van der Waals surface area contributed by atoms with Gasteiger partial charge in [0.2, 0.25) is 0 Å². The number of imide groups is 1. The molecule has 25 heavy (non-hydrogen) atoms. The lowest BCUT2D eigenvalue weighted by Gasteiger charge is -2.17. The molecular weight excluding hydrogens is 402 g/mol. The molecule has 0 unspecified atom stereocenters. The zero-order valence-electron chi connectivity index (χ0n) is 13.8. The first-order valence-corrected chi connectivity index (χ1v) is 9.38. The minimum Gasteiger partial charge on any atom is -0.492 e. The lowest BCUT2D eigenvalue weighted by Crippen LogP contribution is -2.28. The van der Waals surface area contributed by atoms with Crippen LogP contribution >= 0.6 is 27.7 Å². The Balaban J connectivity index is 2.01. The molecule has 6 heteroatoms. The van der Waals surface area contributed by atoms with E-state index in [4.69, 9.17) is 4.74 Å². The quantitative estimate of drug-likeness (QED) is 0.617. The molecular formula is C19H16BrNO3S. The van der Waals surface area contributed by atoms with Crippen molar-refractivity contribution in [3.05, 3.63) is 63.5 Å². The van der Waals surface area contributed by atoms with Crippen molar-refractivity contribution in [2.24, 2.45) is 0 Å². The SMILES string of the molecule is CCOc1ccccc1N1C(=O)S/C(=C(/C)c2ccc(Br)cc2)C1=O. The van der Waals surface area contributed by atoms with Gasteiger partial charge in [0.25, 0.3) is 11.1 Å². The molecule has 0 aromatic heterocycles. The molecule has 1 fully saturated rings. The van der Waals surface area contributed by atoms with Gasteiger partial charge in [0, 0.05) is 4.47 Å². The van der Waals surface area contributed by atoms with E-state index < -0.39 is 0 Å². The largest absolute Gasteiger partial charge is 0.492 e. The van der Waals surface area contributed by atoms with Gasteiger partial charge >= 0.3 is 0 Å². The van der Waals surface area contributed by atoms with Crippen LogP contribution in [0, 0.1) is 0 Å². The highest BCUT2D eigenvalue weighted by atomic mass is 79.9. The average Bonchev–Trinajstić information content (AvgIpc) is 2.90. The van der Waals surface area contributed by atoms with Crippen LogP contribution in [0.25, 0.3) is 5.57 Å². The Hall–Kier alpha value is -2.05. The molecule has 4 nitrogen and oxygen atoms in total. The van der Waals surface area contributed by atoms with Crippen LogP contribution in [0.5, 0.6) is 5.75 Å². The maximum Gasteiger partial charge on any atom is 0.298 e. The van der Waals surface area contributed by atoms with Gasteiger partial charge in [0.15, 0.2) is 0 Å². The molecule has 0 bridgehead atoms. The number of hydrogen-bond donors (Lipinski definition) is 0. The molecule has 0 radical (unpaired) electrons. The number of hydrogen-bond acceptors (Lipinski definition) is 4. The number of anilines is 1. The average molecular weight is 418 g/mol. The highest BCUT2D eigenvalue weighted by molar-refractivity contribution is 9.10. The second-order valence-corrected chi connectivity index (χ2v) is 7.25. The van der Waals surface area contributed by atoms with Crippen LogP contribution in [-0.2, 0) is 4.79 Å². The molecule has 128 valence electrons. The van der Waals surface area contributed by atoms with Gasteiger partial charge in [-0.15, -0.1) is 0 Å². The first-order valence-electron chi connectivity index (χ1n) is 7.77. The maximum absolute atomic E-state index is 12.9. The van der Waals surface area contributed by atoms with Crippen LogP contribution in [0.1, 0.15) is 19.4 Å². The summed E-state index contributed by atoms with van der Waals surface area (Å²) in [5.41, 5.74) is 2.17. The highest BCUT2D eigenvalue weighted by Gasteiger charge is 2.39. The van der Waals surface area contributed by atoms with Crippen molar-refractivity contribution in [2.45, 2.75) is 13.8 Å². The molecule has 3 rings (SSSR count). The van der Waals surface area contributed by atoms with E-state index in [2.05, 4.69) is 15.9 Å². The smallest absolute Gasteiger partial charge is 0.298 e. The first-order chi connectivity index (χ1) is 12.0. The van der Waals surface area contributed by atoms with Crippen molar-refractivity contribution < 1.29 is 14.3 Å². The maximum atomic E-state index is 12.9. The van der Waals surface area contributed by atoms with Crippen molar-refractivity contribution in [3.63, 3.8) is 0 Å². The number of thioether (sulfide) groups is 1. The lowest BCUT2D eigenvalue weighted by molar-refractivity contribution is -0.113. The lowest BCUT2D eigenvalue weighted by atomic mass is 10.1. The van der Waals surface area contributed by atoms with E-state index in [9.17, 15) is 9.59 Å². The van der Waals surface area contributed by atoms with E-state index in [0.29, 0.717) is 22.9 Å². The number of allylic oxidation sites excluding steroid dienone is 1. The molecule has 0 aliphatic carbocycles. The number of carbonyl (C=O) groups excluding carboxylic acids is 2. The second kappa shape index (κ2) is 7.45. The summed E-state index contributed by atoms with van der Waals surface area (Å²) in [6.07, 6.45) is 0. The fourth-order valence-electron chi connectivity index (χ4n) is 2.56. The molecule has 2 aromatic rings. The zero-order valence-corrected chi connectivity index (χ0v) is 16.2. The van der Waals surface area contributed by atoms with Gasteiger partial charge in [-0.1, -0.05) is 40.2 Å². The first kappa shape index (κ1) is 17.8. The summed E-state index contributed by atoms with van der Waals surface area (Å²) >= 11 is 4.36. The van der Waals surface area contributed by atoms with Crippen LogP contribution in [-0.4, -0.2) is 17.8 Å². The summed E-state index contributed by atoms with van der Waals surface area (Å²) < 4.78 is 6.52. The fraction of sp³-hybridized carbons (Fsp3) is 0.158. The Morgan fingerprint density at radius 1 is 1.12 bits per heavy atom. The van der Waals surface area contributed by atoms with Crippen molar-refractivity contribution >= 4 is 50.1 Å². The molecule has 0 N–H and O–H groups in total. The third-order valence-electron chi connectivity index (χ3n) is 3.79. The number of amides is 2. The summed E-state index contributed by atoms with van der Waals surface area (Å²) in [5.74, 6) is 0.206. The predicted molar refractivity (Wildman–Crippen MR) is 105 cm³/mol. The molecule has 2 aromatic carbocycles. The van der Waals surface area contributed by atoms with Crippen molar-refractivity contribution in [1.29, 1.82) is 0 Å². The molecule has 1 saturated heterocycles. The Morgan fingerprint density at radius 3 is 2.48 bits per heavy atom. The standard InChI is InChI=1S/C19H16BrNO3S/c1-3-24-16-7-5-4-6-15(16)21-18(22)17(25-19(21)23)12(2)13-8-10-14(20)11-9-13/h4-11H,3H2,1-2H3/b17-12-. The van der Waals surface area contributed by atoms with Gasteiger partial charge < -0.3 is 4.74 Å². The normalized spacial score (nSPS) is 16.4. The van der Waals surface area contributed by atoms with Crippen molar-refractivity contribution in [3.8, 4) is 5.75 Å². The van der Waals surface area contributed by atoms with E-state index in [-0.39, 0.29) is 11.1 Å². The number of benzene rings is 2. The van der Waals surface area contributed by atoms with E-state index >= 15 is 0 Å². The molecule has 0 saturated carbocycles. The molecule has 1 aliphatic rings. The third kappa shape index (κ3) is 3.50. The summed E-state index contributed by atoms with van der Waals surface area (Å²) in [4.78, 5) is 27.1. The van der Waals surface area contributed by atoms with E-state index in [1.807, 2.05) is 44.2 Å². The van der Waals surface area contributed by atoms with Crippen LogP contribution in [0.2, 0.25) is 0 Å². The summed E-state index contributed by atoms with van der Waals surface area (Å²) in [6.45, 7) is 4.18. The Bertz CT molecular complexity index is 861.